The van der Waals surface area contributed by atoms with Gasteiger partial charge in [-0.2, -0.15) is 0 Å². The molecule has 0 amide bonds. The van der Waals surface area contributed by atoms with Crippen LogP contribution in [0, 0.1) is 0 Å². The van der Waals surface area contributed by atoms with Gasteiger partial charge < -0.3 is 9.84 Å². The second-order valence-corrected chi connectivity index (χ2v) is 8.49. The van der Waals surface area contributed by atoms with E-state index in [9.17, 15) is 9.90 Å². The Labute approximate surface area is 184 Å². The number of aromatic hydroxyl groups is 1. The number of thiol groups is 1. The smallest absolute Gasteiger partial charge is 0.353 e. The molecular formula is C22H34N2O3S2. The number of aromatic nitrogens is 1. The third kappa shape index (κ3) is 10.1. The molecule has 162 valence electrons. The SMILES string of the molecule is C=CC/C(S)=C\C=C(\C)CC.CCOC(=O)c1sc(CN2CCCCC2)nc1O. The fourth-order valence-electron chi connectivity index (χ4n) is 2.63. The van der Waals surface area contributed by atoms with E-state index in [4.69, 9.17) is 4.74 Å². The van der Waals surface area contributed by atoms with Crippen LogP contribution in [-0.2, 0) is 11.3 Å². The molecule has 0 saturated carbocycles. The first kappa shape index (κ1) is 25.5. The zero-order chi connectivity index (χ0) is 21.6. The van der Waals surface area contributed by atoms with Crippen LogP contribution < -0.4 is 0 Å². The van der Waals surface area contributed by atoms with E-state index in [1.165, 1.54) is 36.2 Å². The Balaban J connectivity index is 0.000000331. The van der Waals surface area contributed by atoms with Crippen molar-refractivity contribution in [3.8, 4) is 5.88 Å². The summed E-state index contributed by atoms with van der Waals surface area (Å²) in [4.78, 5) is 19.2. The van der Waals surface area contributed by atoms with Crippen molar-refractivity contribution in [1.82, 2.24) is 9.88 Å². The standard InChI is InChI=1S/C12H18N2O3S.C10H16S/c1-2-17-12(16)10-11(15)13-9(18-10)8-14-6-4-3-5-7-14;1-4-6-10(11)8-7-9(3)5-2/h15H,2-8H2,1H3;4,7-8,11H,1,5-6H2,2-3H3/b;9-7-,10-8+. The lowest BCUT2D eigenvalue weighted by Crippen LogP contribution is -2.28. The normalized spacial score (nSPS) is 15.4. The summed E-state index contributed by atoms with van der Waals surface area (Å²) in [6.45, 7) is 12.8. The number of hydrogen-bond donors (Lipinski definition) is 2. The van der Waals surface area contributed by atoms with E-state index in [0.29, 0.717) is 13.2 Å². The second kappa shape index (κ2) is 14.4. The summed E-state index contributed by atoms with van der Waals surface area (Å²) in [7, 11) is 0. The summed E-state index contributed by atoms with van der Waals surface area (Å²) in [6, 6.07) is 0. The van der Waals surface area contributed by atoms with Crippen LogP contribution >= 0.6 is 24.0 Å². The predicted octanol–water partition coefficient (Wildman–Crippen LogP) is 5.74. The molecule has 1 aliphatic rings. The first-order chi connectivity index (χ1) is 13.9. The van der Waals surface area contributed by atoms with Crippen molar-refractivity contribution in [1.29, 1.82) is 0 Å². The van der Waals surface area contributed by atoms with Crippen molar-refractivity contribution < 1.29 is 14.6 Å². The molecule has 0 unspecified atom stereocenters. The van der Waals surface area contributed by atoms with Crippen LogP contribution in [-0.4, -0.2) is 40.7 Å². The minimum Gasteiger partial charge on any atom is -0.492 e. The van der Waals surface area contributed by atoms with Gasteiger partial charge in [-0.3, -0.25) is 4.90 Å². The van der Waals surface area contributed by atoms with Crippen LogP contribution in [0.1, 0.15) is 67.6 Å². The highest BCUT2D eigenvalue weighted by Crippen LogP contribution is 2.26. The highest BCUT2D eigenvalue weighted by atomic mass is 32.1. The van der Waals surface area contributed by atoms with Crippen molar-refractivity contribution in [3.05, 3.63) is 45.2 Å². The summed E-state index contributed by atoms with van der Waals surface area (Å²) in [6.07, 6.45) is 11.7. The van der Waals surface area contributed by atoms with Gasteiger partial charge in [0.25, 0.3) is 0 Å². The van der Waals surface area contributed by atoms with Gasteiger partial charge in [0.05, 0.1) is 13.2 Å². The van der Waals surface area contributed by atoms with Gasteiger partial charge in [-0.25, -0.2) is 9.78 Å². The molecule has 2 rings (SSSR count). The Morgan fingerprint density at radius 3 is 2.59 bits per heavy atom. The number of allylic oxidation sites excluding steroid dienone is 5. The van der Waals surface area contributed by atoms with Gasteiger partial charge in [-0.05, 0) is 57.5 Å². The second-order valence-electron chi connectivity index (χ2n) is 6.83. The topological polar surface area (TPSA) is 62.7 Å². The maximum Gasteiger partial charge on any atom is 0.353 e. The molecule has 5 nitrogen and oxygen atoms in total. The van der Waals surface area contributed by atoms with Crippen LogP contribution in [0.15, 0.2) is 35.3 Å². The Morgan fingerprint density at radius 1 is 1.31 bits per heavy atom. The van der Waals surface area contributed by atoms with E-state index in [1.54, 1.807) is 6.92 Å². The van der Waals surface area contributed by atoms with Crippen LogP contribution in [0.5, 0.6) is 5.88 Å². The lowest BCUT2D eigenvalue weighted by molar-refractivity contribution is 0.0528. The van der Waals surface area contributed by atoms with Gasteiger partial charge in [0.15, 0.2) is 4.88 Å². The summed E-state index contributed by atoms with van der Waals surface area (Å²) in [5, 5.41) is 10.4. The predicted molar refractivity (Wildman–Crippen MR) is 125 cm³/mol. The average Bonchev–Trinajstić information content (AvgIpc) is 3.08. The van der Waals surface area contributed by atoms with Crippen molar-refractivity contribution in [2.45, 2.75) is 59.4 Å². The molecule has 7 heteroatoms. The van der Waals surface area contributed by atoms with E-state index in [2.05, 4.69) is 49.0 Å². The molecule has 1 aromatic rings. The van der Waals surface area contributed by atoms with Crippen molar-refractivity contribution in [3.63, 3.8) is 0 Å². The van der Waals surface area contributed by atoms with Crippen LogP contribution in [0.3, 0.4) is 0 Å². The number of nitrogens with zero attached hydrogens (tertiary/aromatic N) is 2. The van der Waals surface area contributed by atoms with Crippen LogP contribution in [0.4, 0.5) is 0 Å². The summed E-state index contributed by atoms with van der Waals surface area (Å²) in [5.41, 5.74) is 1.38. The molecule has 0 atom stereocenters. The largest absolute Gasteiger partial charge is 0.492 e. The van der Waals surface area contributed by atoms with Gasteiger partial charge in [0.2, 0.25) is 5.88 Å². The van der Waals surface area contributed by atoms with E-state index in [1.807, 2.05) is 12.2 Å². The monoisotopic (exact) mass is 438 g/mol. The molecule has 2 heterocycles. The van der Waals surface area contributed by atoms with Crippen molar-refractivity contribution in [2.75, 3.05) is 19.7 Å². The molecule has 1 aromatic heterocycles. The zero-order valence-electron chi connectivity index (χ0n) is 17.8. The van der Waals surface area contributed by atoms with E-state index in [-0.39, 0.29) is 10.8 Å². The molecule has 1 saturated heterocycles. The molecule has 1 aliphatic heterocycles. The maximum atomic E-state index is 11.5. The number of ether oxygens (including phenoxy) is 1. The van der Waals surface area contributed by atoms with E-state index >= 15 is 0 Å². The zero-order valence-corrected chi connectivity index (χ0v) is 19.5. The first-order valence-electron chi connectivity index (χ1n) is 10.2. The lowest BCUT2D eigenvalue weighted by Gasteiger charge is -2.25. The third-order valence-corrected chi connectivity index (χ3v) is 5.73. The molecule has 29 heavy (non-hydrogen) atoms. The lowest BCUT2D eigenvalue weighted by atomic mass is 10.1. The minimum atomic E-state index is -0.489. The Bertz CT molecular complexity index is 705. The molecule has 1 fully saturated rings. The summed E-state index contributed by atoms with van der Waals surface area (Å²) >= 11 is 5.49. The van der Waals surface area contributed by atoms with Gasteiger partial charge in [0, 0.05) is 0 Å². The molecule has 0 aliphatic carbocycles. The van der Waals surface area contributed by atoms with Crippen LogP contribution in [0.2, 0.25) is 0 Å². The molecular weight excluding hydrogens is 404 g/mol. The number of likely N-dealkylation sites (tertiary alicyclic amines) is 1. The number of rotatable bonds is 8. The number of piperidine rings is 1. The molecule has 0 bridgehead atoms. The quantitative estimate of drug-likeness (QED) is 0.234. The summed E-state index contributed by atoms with van der Waals surface area (Å²) in [5.74, 6) is -0.692. The van der Waals surface area contributed by atoms with E-state index in [0.717, 1.165) is 35.8 Å². The number of esters is 1. The van der Waals surface area contributed by atoms with Crippen molar-refractivity contribution >= 4 is 29.9 Å². The molecule has 0 spiro atoms. The van der Waals surface area contributed by atoms with Gasteiger partial charge in [-0.15, -0.1) is 30.5 Å². The van der Waals surface area contributed by atoms with Gasteiger partial charge in [-0.1, -0.05) is 37.1 Å². The Kier molecular flexibility index (Phi) is 12.7. The molecule has 1 N–H and O–H groups in total. The highest BCUT2D eigenvalue weighted by Gasteiger charge is 2.20. The van der Waals surface area contributed by atoms with Gasteiger partial charge >= 0.3 is 5.97 Å². The fraction of sp³-hybridized carbons (Fsp3) is 0.545. The maximum absolute atomic E-state index is 11.5. The third-order valence-electron chi connectivity index (χ3n) is 4.39. The Hall–Kier alpha value is -1.57. The van der Waals surface area contributed by atoms with Crippen molar-refractivity contribution in [2.24, 2.45) is 0 Å². The summed E-state index contributed by atoms with van der Waals surface area (Å²) < 4.78 is 4.87. The highest BCUT2D eigenvalue weighted by molar-refractivity contribution is 7.84. The van der Waals surface area contributed by atoms with E-state index < -0.39 is 5.97 Å². The number of hydrogen-bond acceptors (Lipinski definition) is 7. The fourth-order valence-corrected chi connectivity index (χ4v) is 3.73. The molecule has 0 aromatic carbocycles. The van der Waals surface area contributed by atoms with Gasteiger partial charge in [0.1, 0.15) is 5.01 Å². The Morgan fingerprint density at radius 2 is 2.00 bits per heavy atom. The molecule has 0 radical (unpaired) electrons. The number of thiazole rings is 1. The first-order valence-corrected chi connectivity index (χ1v) is 11.4. The van der Waals surface area contributed by atoms with Crippen LogP contribution in [0.25, 0.3) is 0 Å². The average molecular weight is 439 g/mol. The number of carbonyl (C=O) groups is 1. The minimum absolute atomic E-state index is 0.203. The number of carbonyl (C=O) groups excluding carboxylic acids is 1.